The standard InChI is InChI=1S/C12H17NO2S/c1-9-2-3-11(8-12(9)13)10-4-6-16(14,15)7-5-10/h2-3,8,10H,4-7,13H2,1H3. The molecule has 1 aliphatic rings. The molecule has 1 fully saturated rings. The van der Waals surface area contributed by atoms with E-state index in [1.54, 1.807) is 0 Å². The number of nitrogens with two attached hydrogens (primary N) is 1. The number of sulfone groups is 1. The van der Waals surface area contributed by atoms with E-state index in [1.165, 1.54) is 5.56 Å². The Balaban J connectivity index is 2.17. The molecule has 1 aliphatic heterocycles. The van der Waals surface area contributed by atoms with Gasteiger partial charge in [-0.05, 0) is 42.9 Å². The number of hydrogen-bond donors (Lipinski definition) is 1. The van der Waals surface area contributed by atoms with Gasteiger partial charge in [-0.25, -0.2) is 8.42 Å². The molecule has 16 heavy (non-hydrogen) atoms. The van der Waals surface area contributed by atoms with Crippen LogP contribution in [0.15, 0.2) is 18.2 Å². The SMILES string of the molecule is Cc1ccc(C2CCS(=O)(=O)CC2)cc1N. The summed E-state index contributed by atoms with van der Waals surface area (Å²) < 4.78 is 22.6. The summed E-state index contributed by atoms with van der Waals surface area (Å²) >= 11 is 0. The number of nitrogen functional groups attached to an aromatic ring is 1. The minimum Gasteiger partial charge on any atom is -0.399 e. The first-order valence-electron chi connectivity index (χ1n) is 5.54. The molecule has 0 aromatic heterocycles. The van der Waals surface area contributed by atoms with Crippen molar-refractivity contribution in [2.45, 2.75) is 25.7 Å². The van der Waals surface area contributed by atoms with E-state index in [2.05, 4.69) is 6.07 Å². The summed E-state index contributed by atoms with van der Waals surface area (Å²) in [5, 5.41) is 0. The predicted molar refractivity (Wildman–Crippen MR) is 66.2 cm³/mol. The summed E-state index contributed by atoms with van der Waals surface area (Å²) in [6.45, 7) is 1.98. The van der Waals surface area contributed by atoms with E-state index in [1.807, 2.05) is 19.1 Å². The summed E-state index contributed by atoms with van der Waals surface area (Å²) in [7, 11) is -2.77. The summed E-state index contributed by atoms with van der Waals surface area (Å²) in [4.78, 5) is 0. The van der Waals surface area contributed by atoms with E-state index in [-0.39, 0.29) is 0 Å². The van der Waals surface area contributed by atoms with Crippen molar-refractivity contribution in [3.05, 3.63) is 29.3 Å². The van der Waals surface area contributed by atoms with Crippen molar-refractivity contribution in [2.75, 3.05) is 17.2 Å². The highest BCUT2D eigenvalue weighted by molar-refractivity contribution is 7.91. The molecule has 0 spiro atoms. The Kier molecular flexibility index (Phi) is 2.93. The molecular formula is C12H17NO2S. The lowest BCUT2D eigenvalue weighted by molar-refractivity contribution is 0.550. The Morgan fingerprint density at radius 1 is 1.25 bits per heavy atom. The third-order valence-corrected chi connectivity index (χ3v) is 5.04. The lowest BCUT2D eigenvalue weighted by atomic mass is 9.92. The molecule has 4 heteroatoms. The zero-order chi connectivity index (χ0) is 11.8. The Morgan fingerprint density at radius 3 is 2.44 bits per heavy atom. The van der Waals surface area contributed by atoms with Gasteiger partial charge >= 0.3 is 0 Å². The van der Waals surface area contributed by atoms with Crippen LogP contribution in [0.4, 0.5) is 5.69 Å². The number of aryl methyl sites for hydroxylation is 1. The topological polar surface area (TPSA) is 60.2 Å². The van der Waals surface area contributed by atoms with Crippen LogP contribution in [0.25, 0.3) is 0 Å². The minimum absolute atomic E-state index is 0.311. The first-order chi connectivity index (χ1) is 7.48. The van der Waals surface area contributed by atoms with Gasteiger partial charge in [-0.3, -0.25) is 0 Å². The summed E-state index contributed by atoms with van der Waals surface area (Å²) in [6, 6.07) is 6.06. The highest BCUT2D eigenvalue weighted by atomic mass is 32.2. The maximum Gasteiger partial charge on any atom is 0.150 e. The van der Waals surface area contributed by atoms with Gasteiger partial charge in [-0.15, -0.1) is 0 Å². The van der Waals surface area contributed by atoms with E-state index in [4.69, 9.17) is 5.73 Å². The average Bonchev–Trinajstić information content (AvgIpc) is 2.22. The molecule has 0 unspecified atom stereocenters. The summed E-state index contributed by atoms with van der Waals surface area (Å²) in [6.07, 6.45) is 1.45. The summed E-state index contributed by atoms with van der Waals surface area (Å²) in [5.74, 6) is 0.975. The van der Waals surface area contributed by atoms with Crippen LogP contribution >= 0.6 is 0 Å². The van der Waals surface area contributed by atoms with Crippen molar-refractivity contribution in [1.29, 1.82) is 0 Å². The van der Waals surface area contributed by atoms with Gasteiger partial charge in [-0.1, -0.05) is 12.1 Å². The maximum atomic E-state index is 11.3. The zero-order valence-corrected chi connectivity index (χ0v) is 10.3. The van der Waals surface area contributed by atoms with Crippen LogP contribution < -0.4 is 5.73 Å². The highest BCUT2D eigenvalue weighted by Crippen LogP contribution is 2.30. The average molecular weight is 239 g/mol. The highest BCUT2D eigenvalue weighted by Gasteiger charge is 2.24. The molecule has 0 radical (unpaired) electrons. The van der Waals surface area contributed by atoms with E-state index in [9.17, 15) is 8.42 Å². The molecule has 1 aromatic carbocycles. The normalized spacial score (nSPS) is 20.8. The monoisotopic (exact) mass is 239 g/mol. The smallest absolute Gasteiger partial charge is 0.150 e. The van der Waals surface area contributed by atoms with Crippen molar-refractivity contribution in [1.82, 2.24) is 0 Å². The fourth-order valence-corrected chi connectivity index (χ4v) is 3.63. The van der Waals surface area contributed by atoms with Gasteiger partial charge in [0.2, 0.25) is 0 Å². The van der Waals surface area contributed by atoms with Crippen LogP contribution in [0.5, 0.6) is 0 Å². The third kappa shape index (κ3) is 2.38. The minimum atomic E-state index is -2.77. The Bertz CT molecular complexity index is 480. The molecule has 3 nitrogen and oxygen atoms in total. The number of hydrogen-bond acceptors (Lipinski definition) is 3. The van der Waals surface area contributed by atoms with Gasteiger partial charge in [0.25, 0.3) is 0 Å². The van der Waals surface area contributed by atoms with Gasteiger partial charge in [0.1, 0.15) is 9.84 Å². The van der Waals surface area contributed by atoms with Crippen molar-refractivity contribution in [3.63, 3.8) is 0 Å². The fourth-order valence-electron chi connectivity index (χ4n) is 2.14. The van der Waals surface area contributed by atoms with Crippen LogP contribution in [0.2, 0.25) is 0 Å². The Morgan fingerprint density at radius 2 is 1.88 bits per heavy atom. The molecule has 0 bridgehead atoms. The van der Waals surface area contributed by atoms with Gasteiger partial charge < -0.3 is 5.73 Å². The third-order valence-electron chi connectivity index (χ3n) is 3.33. The molecule has 0 amide bonds. The van der Waals surface area contributed by atoms with E-state index >= 15 is 0 Å². The molecule has 0 aliphatic carbocycles. The molecule has 0 saturated carbocycles. The first-order valence-corrected chi connectivity index (χ1v) is 7.36. The second-order valence-electron chi connectivity index (χ2n) is 4.54. The molecule has 2 N–H and O–H groups in total. The predicted octanol–water partition coefficient (Wildman–Crippen LogP) is 1.87. The molecule has 1 heterocycles. The molecule has 2 rings (SSSR count). The Labute approximate surface area is 96.6 Å². The largest absolute Gasteiger partial charge is 0.399 e. The van der Waals surface area contributed by atoms with Crippen molar-refractivity contribution >= 4 is 15.5 Å². The molecule has 88 valence electrons. The van der Waals surface area contributed by atoms with Crippen LogP contribution in [0.1, 0.15) is 29.9 Å². The number of rotatable bonds is 1. The lowest BCUT2D eigenvalue weighted by Crippen LogP contribution is -2.22. The van der Waals surface area contributed by atoms with Gasteiger partial charge in [0, 0.05) is 5.69 Å². The molecular weight excluding hydrogens is 222 g/mol. The first kappa shape index (κ1) is 11.5. The van der Waals surface area contributed by atoms with Gasteiger partial charge in [0.15, 0.2) is 0 Å². The lowest BCUT2D eigenvalue weighted by Gasteiger charge is -2.22. The quantitative estimate of drug-likeness (QED) is 0.761. The molecule has 0 atom stereocenters. The van der Waals surface area contributed by atoms with Crippen LogP contribution in [-0.2, 0) is 9.84 Å². The molecule has 1 aromatic rings. The van der Waals surface area contributed by atoms with Crippen molar-refractivity contribution in [2.24, 2.45) is 0 Å². The van der Waals surface area contributed by atoms with Crippen LogP contribution in [0.3, 0.4) is 0 Å². The zero-order valence-electron chi connectivity index (χ0n) is 9.44. The van der Waals surface area contributed by atoms with E-state index < -0.39 is 9.84 Å². The number of benzene rings is 1. The molecule has 1 saturated heterocycles. The van der Waals surface area contributed by atoms with Gasteiger partial charge in [0.05, 0.1) is 11.5 Å². The maximum absolute atomic E-state index is 11.3. The van der Waals surface area contributed by atoms with Crippen molar-refractivity contribution in [3.8, 4) is 0 Å². The van der Waals surface area contributed by atoms with Gasteiger partial charge in [-0.2, -0.15) is 0 Å². The number of anilines is 1. The summed E-state index contributed by atoms with van der Waals surface area (Å²) in [5.41, 5.74) is 8.91. The Hall–Kier alpha value is -1.03. The van der Waals surface area contributed by atoms with Crippen LogP contribution in [0, 0.1) is 6.92 Å². The van der Waals surface area contributed by atoms with E-state index in [0.717, 1.165) is 24.1 Å². The van der Waals surface area contributed by atoms with E-state index in [0.29, 0.717) is 17.4 Å². The van der Waals surface area contributed by atoms with Crippen LogP contribution in [-0.4, -0.2) is 19.9 Å². The second kappa shape index (κ2) is 4.09. The second-order valence-corrected chi connectivity index (χ2v) is 6.85. The fraction of sp³-hybridized carbons (Fsp3) is 0.500. The van der Waals surface area contributed by atoms with Crippen molar-refractivity contribution < 1.29 is 8.42 Å².